The van der Waals surface area contributed by atoms with E-state index < -0.39 is 20.0 Å². The predicted molar refractivity (Wildman–Crippen MR) is 300 cm³/mol. The molecule has 0 aliphatic carbocycles. The van der Waals surface area contributed by atoms with Crippen molar-refractivity contribution >= 4 is 13.7 Å². The van der Waals surface area contributed by atoms with E-state index in [1.54, 1.807) is 0 Å². The minimum atomic E-state index is -4.31. The zero-order valence-corrected chi connectivity index (χ0v) is 48.2. The van der Waals surface area contributed by atoms with Gasteiger partial charge in [0.1, 0.15) is 13.2 Å². The number of phosphoric ester groups is 1. The van der Waals surface area contributed by atoms with Gasteiger partial charge < -0.3 is 19.8 Å². The fraction of sp³-hybridized carbons (Fsp3) is 0.983. The lowest BCUT2D eigenvalue weighted by atomic mass is 10.0. The van der Waals surface area contributed by atoms with Crippen molar-refractivity contribution < 1.29 is 32.9 Å². The standard InChI is InChI=1S/C60H123N2O6P/c1-6-8-10-12-14-16-18-19-20-21-22-23-24-25-26-27-28-29-30-31-32-33-34-35-36-37-38-39-40-41-42-43-44-46-48-50-52-54-60(64)61-58(57-68-69(65,66)67-56-55-62(3,4)5)59(63)53-51-49-47-45-17-15-13-11-9-7-2/h58-59,63H,6-57H2,1-5H3,(H-,61,64,65,66)/p+1. The number of carbonyl (C=O) groups is 1. The number of hydrogen-bond acceptors (Lipinski definition) is 5. The van der Waals surface area contributed by atoms with E-state index in [2.05, 4.69) is 19.2 Å². The molecule has 0 spiro atoms. The summed E-state index contributed by atoms with van der Waals surface area (Å²) < 4.78 is 23.7. The number of quaternary nitrogens is 1. The van der Waals surface area contributed by atoms with E-state index in [9.17, 15) is 19.4 Å². The third-order valence-corrected chi connectivity index (χ3v) is 15.6. The minimum Gasteiger partial charge on any atom is -0.391 e. The third kappa shape index (κ3) is 55.1. The monoisotopic (exact) mass is 1000 g/mol. The van der Waals surface area contributed by atoms with Crippen LogP contribution in [0.2, 0.25) is 0 Å². The Hall–Kier alpha value is -0.500. The number of aliphatic hydroxyl groups excluding tert-OH is 1. The second kappa shape index (κ2) is 52.4. The first-order valence-electron chi connectivity index (χ1n) is 30.9. The van der Waals surface area contributed by atoms with Gasteiger partial charge in [-0.25, -0.2) is 4.57 Å². The Morgan fingerprint density at radius 2 is 0.696 bits per heavy atom. The molecule has 0 rings (SSSR count). The van der Waals surface area contributed by atoms with Crippen LogP contribution in [0.1, 0.15) is 328 Å². The van der Waals surface area contributed by atoms with Crippen LogP contribution >= 0.6 is 7.82 Å². The summed E-state index contributed by atoms with van der Waals surface area (Å²) in [6, 6.07) is -0.753. The second-order valence-corrected chi connectivity index (χ2v) is 24.3. The summed E-state index contributed by atoms with van der Waals surface area (Å²) in [7, 11) is 1.63. The summed E-state index contributed by atoms with van der Waals surface area (Å²) in [5.74, 6) is -0.138. The Balaban J connectivity index is 3.77. The van der Waals surface area contributed by atoms with Crippen molar-refractivity contribution in [1.82, 2.24) is 5.32 Å². The molecule has 0 saturated carbocycles. The van der Waals surface area contributed by atoms with Crippen molar-refractivity contribution in [2.24, 2.45) is 0 Å². The molecule has 0 aromatic rings. The van der Waals surface area contributed by atoms with Crippen molar-refractivity contribution in [2.45, 2.75) is 341 Å². The van der Waals surface area contributed by atoms with Crippen LogP contribution in [0.25, 0.3) is 0 Å². The van der Waals surface area contributed by atoms with E-state index in [0.717, 1.165) is 38.5 Å². The van der Waals surface area contributed by atoms with Gasteiger partial charge in [0.25, 0.3) is 0 Å². The van der Waals surface area contributed by atoms with Gasteiger partial charge in [-0.1, -0.05) is 309 Å². The maximum absolute atomic E-state index is 12.9. The molecule has 69 heavy (non-hydrogen) atoms. The summed E-state index contributed by atoms with van der Waals surface area (Å²) in [5.41, 5.74) is 0. The van der Waals surface area contributed by atoms with E-state index >= 15 is 0 Å². The van der Waals surface area contributed by atoms with Crippen molar-refractivity contribution in [3.8, 4) is 0 Å². The van der Waals surface area contributed by atoms with Crippen LogP contribution in [0, 0.1) is 0 Å². The lowest BCUT2D eigenvalue weighted by molar-refractivity contribution is -0.870. The first-order chi connectivity index (χ1) is 33.5. The van der Waals surface area contributed by atoms with Crippen LogP contribution in [-0.4, -0.2) is 73.4 Å². The second-order valence-electron chi connectivity index (χ2n) is 22.8. The van der Waals surface area contributed by atoms with Crippen LogP contribution in [-0.2, 0) is 18.4 Å². The molecule has 414 valence electrons. The first kappa shape index (κ1) is 68.5. The number of amides is 1. The molecular weight excluding hydrogens is 876 g/mol. The molecule has 0 aromatic carbocycles. The molecule has 0 aliphatic rings. The topological polar surface area (TPSA) is 105 Å². The molecule has 0 aliphatic heterocycles. The fourth-order valence-corrected chi connectivity index (χ4v) is 10.5. The van der Waals surface area contributed by atoms with Gasteiger partial charge >= 0.3 is 7.82 Å². The zero-order chi connectivity index (χ0) is 50.6. The van der Waals surface area contributed by atoms with Crippen LogP contribution in [0.3, 0.4) is 0 Å². The summed E-state index contributed by atoms with van der Waals surface area (Å²) in [6.45, 7) is 4.92. The highest BCUT2D eigenvalue weighted by molar-refractivity contribution is 7.47. The molecule has 9 heteroatoms. The van der Waals surface area contributed by atoms with Gasteiger partial charge in [0.2, 0.25) is 5.91 Å². The molecule has 8 nitrogen and oxygen atoms in total. The quantitative estimate of drug-likeness (QED) is 0.0318. The molecule has 3 atom stereocenters. The average molecular weight is 1000 g/mol. The number of carbonyl (C=O) groups excluding carboxylic acids is 1. The van der Waals surface area contributed by atoms with Gasteiger partial charge in [-0.2, -0.15) is 0 Å². The number of likely N-dealkylation sites (N-methyl/N-ethyl adjacent to an activating group) is 1. The molecule has 3 unspecified atom stereocenters. The lowest BCUT2D eigenvalue weighted by Crippen LogP contribution is -2.46. The van der Waals surface area contributed by atoms with Gasteiger partial charge in [0.15, 0.2) is 0 Å². The molecule has 0 radical (unpaired) electrons. The molecule has 1 amide bonds. The van der Waals surface area contributed by atoms with Gasteiger partial charge in [-0.05, 0) is 12.8 Å². The van der Waals surface area contributed by atoms with Gasteiger partial charge in [0.05, 0.1) is 39.9 Å². The third-order valence-electron chi connectivity index (χ3n) is 14.6. The Kier molecular flexibility index (Phi) is 52.0. The fourth-order valence-electron chi connectivity index (χ4n) is 9.76. The Morgan fingerprint density at radius 3 is 0.971 bits per heavy atom. The van der Waals surface area contributed by atoms with Gasteiger partial charge in [0, 0.05) is 6.42 Å². The van der Waals surface area contributed by atoms with Crippen LogP contribution in [0.4, 0.5) is 0 Å². The lowest BCUT2D eigenvalue weighted by Gasteiger charge is -2.26. The predicted octanol–water partition coefficient (Wildman–Crippen LogP) is 18.8. The molecule has 3 N–H and O–H groups in total. The highest BCUT2D eigenvalue weighted by Crippen LogP contribution is 2.43. The van der Waals surface area contributed by atoms with Crippen LogP contribution in [0.15, 0.2) is 0 Å². The van der Waals surface area contributed by atoms with Crippen molar-refractivity contribution in [3.63, 3.8) is 0 Å². The normalized spacial score (nSPS) is 13.8. The minimum absolute atomic E-state index is 0.0786. The van der Waals surface area contributed by atoms with E-state index in [1.807, 2.05) is 21.1 Å². The van der Waals surface area contributed by atoms with Crippen molar-refractivity contribution in [2.75, 3.05) is 40.9 Å². The van der Waals surface area contributed by atoms with E-state index in [-0.39, 0.29) is 19.1 Å². The largest absolute Gasteiger partial charge is 0.472 e. The summed E-state index contributed by atoms with van der Waals surface area (Å²) in [6.07, 6.45) is 63.6. The van der Waals surface area contributed by atoms with E-state index in [0.29, 0.717) is 23.9 Å². The SMILES string of the molecule is CCCCCCCCCCCCCCCCCCCCCCCCCCCCCCCCCCCCCCCC(=O)NC(COP(=O)(O)OCC[N+](C)(C)C)C(O)CCCCCCCCCCCC. The average Bonchev–Trinajstić information content (AvgIpc) is 3.31. The number of nitrogens with one attached hydrogen (secondary N) is 1. The van der Waals surface area contributed by atoms with E-state index in [4.69, 9.17) is 9.05 Å². The number of rotatable bonds is 58. The number of aliphatic hydroxyl groups is 1. The Morgan fingerprint density at radius 1 is 0.435 bits per heavy atom. The molecule has 0 heterocycles. The number of hydrogen-bond donors (Lipinski definition) is 3. The van der Waals surface area contributed by atoms with Crippen LogP contribution < -0.4 is 5.32 Å². The Labute approximate surface area is 431 Å². The molecule has 0 saturated heterocycles. The number of nitrogens with zero attached hydrogens (tertiary/aromatic N) is 1. The summed E-state index contributed by atoms with van der Waals surface area (Å²) >= 11 is 0. The van der Waals surface area contributed by atoms with Gasteiger partial charge in [-0.15, -0.1) is 0 Å². The smallest absolute Gasteiger partial charge is 0.391 e. The summed E-state index contributed by atoms with van der Waals surface area (Å²) in [4.78, 5) is 23.2. The molecule has 0 fully saturated rings. The van der Waals surface area contributed by atoms with Gasteiger partial charge in [-0.3, -0.25) is 13.8 Å². The molecular formula is C60H124N2O6P+. The summed E-state index contributed by atoms with van der Waals surface area (Å²) in [5, 5.41) is 14.0. The van der Waals surface area contributed by atoms with Crippen molar-refractivity contribution in [3.05, 3.63) is 0 Å². The molecule has 0 aromatic heterocycles. The van der Waals surface area contributed by atoms with Crippen LogP contribution in [0.5, 0.6) is 0 Å². The zero-order valence-electron chi connectivity index (χ0n) is 47.3. The number of phosphoric acid groups is 1. The molecule has 0 bridgehead atoms. The maximum atomic E-state index is 12.9. The maximum Gasteiger partial charge on any atom is 0.472 e. The van der Waals surface area contributed by atoms with Crippen molar-refractivity contribution in [1.29, 1.82) is 0 Å². The highest BCUT2D eigenvalue weighted by Gasteiger charge is 2.28. The van der Waals surface area contributed by atoms with E-state index in [1.165, 1.54) is 263 Å². The Bertz CT molecular complexity index is 1090. The number of unbranched alkanes of at least 4 members (excludes halogenated alkanes) is 45. The first-order valence-corrected chi connectivity index (χ1v) is 32.4. The highest BCUT2D eigenvalue weighted by atomic mass is 31.2.